The van der Waals surface area contributed by atoms with Crippen molar-refractivity contribution in [2.24, 2.45) is 0 Å². The van der Waals surface area contributed by atoms with Gasteiger partial charge in [-0.15, -0.1) is 12.4 Å². The van der Waals surface area contributed by atoms with Crippen LogP contribution in [0, 0.1) is 11.6 Å². The number of hydrogen-bond donors (Lipinski definition) is 2. The molecule has 1 aromatic rings. The maximum atomic E-state index is 13.5. The molecule has 2 aliphatic heterocycles. The summed E-state index contributed by atoms with van der Waals surface area (Å²) in [4.78, 5) is 36.5. The van der Waals surface area contributed by atoms with E-state index in [2.05, 4.69) is 10.6 Å². The van der Waals surface area contributed by atoms with Crippen molar-refractivity contribution in [2.75, 3.05) is 19.6 Å². The zero-order chi connectivity index (χ0) is 18.7. The van der Waals surface area contributed by atoms with Crippen molar-refractivity contribution in [3.05, 3.63) is 35.4 Å². The predicted octanol–water partition coefficient (Wildman–Crippen LogP) is 1.49. The third-order valence-electron chi connectivity index (χ3n) is 4.92. The molecule has 0 aliphatic carbocycles. The van der Waals surface area contributed by atoms with Crippen LogP contribution in [0.25, 0.3) is 0 Å². The topological polar surface area (TPSA) is 78.5 Å². The fourth-order valence-electron chi connectivity index (χ4n) is 3.52. The first-order chi connectivity index (χ1) is 12.5. The van der Waals surface area contributed by atoms with Crippen molar-refractivity contribution in [3.8, 4) is 0 Å². The number of carbonyl (C=O) groups excluding carboxylic acids is 3. The van der Waals surface area contributed by atoms with Crippen LogP contribution in [0.3, 0.4) is 0 Å². The number of hydrogen-bond acceptors (Lipinski definition) is 4. The van der Waals surface area contributed by atoms with E-state index < -0.39 is 11.6 Å². The standard InChI is InChI=1S/C18H21F2N3O3.ClH/c19-13-2-1-11(9-14(13)20)12-5-7-21-10-15(12)22-16(24)6-8-23-17(25)3-4-18(23)26;/h1-2,9,12,15,21H,3-8,10H2,(H,22,24);1H. The molecule has 1 aromatic carbocycles. The van der Waals surface area contributed by atoms with Gasteiger partial charge in [0.15, 0.2) is 11.6 Å². The largest absolute Gasteiger partial charge is 0.351 e. The van der Waals surface area contributed by atoms with Gasteiger partial charge >= 0.3 is 0 Å². The van der Waals surface area contributed by atoms with Crippen molar-refractivity contribution in [1.82, 2.24) is 15.5 Å². The summed E-state index contributed by atoms with van der Waals surface area (Å²) in [5, 5.41) is 6.06. The molecule has 6 nitrogen and oxygen atoms in total. The Labute approximate surface area is 162 Å². The second-order valence-electron chi connectivity index (χ2n) is 6.64. The van der Waals surface area contributed by atoms with Crippen LogP contribution in [0.4, 0.5) is 8.78 Å². The predicted molar refractivity (Wildman–Crippen MR) is 96.3 cm³/mol. The molecule has 27 heavy (non-hydrogen) atoms. The maximum absolute atomic E-state index is 13.5. The van der Waals surface area contributed by atoms with Crippen molar-refractivity contribution < 1.29 is 23.2 Å². The first-order valence-corrected chi connectivity index (χ1v) is 8.74. The summed E-state index contributed by atoms with van der Waals surface area (Å²) < 4.78 is 26.7. The van der Waals surface area contributed by atoms with Crippen LogP contribution < -0.4 is 10.6 Å². The Kier molecular flexibility index (Phi) is 7.26. The van der Waals surface area contributed by atoms with Gasteiger partial charge in [0.25, 0.3) is 0 Å². The molecule has 2 fully saturated rings. The molecule has 0 saturated carbocycles. The first kappa shape index (κ1) is 21.2. The Hall–Kier alpha value is -2.06. The molecule has 2 heterocycles. The van der Waals surface area contributed by atoms with E-state index in [4.69, 9.17) is 0 Å². The molecule has 2 N–H and O–H groups in total. The van der Waals surface area contributed by atoms with Crippen LogP contribution in [-0.4, -0.2) is 48.3 Å². The highest BCUT2D eigenvalue weighted by molar-refractivity contribution is 6.02. The number of carbonyl (C=O) groups is 3. The van der Waals surface area contributed by atoms with E-state index in [-0.39, 0.29) is 67.9 Å². The highest BCUT2D eigenvalue weighted by atomic mass is 35.5. The quantitative estimate of drug-likeness (QED) is 0.733. The van der Waals surface area contributed by atoms with Gasteiger partial charge in [0.05, 0.1) is 0 Å². The molecular weight excluding hydrogens is 380 g/mol. The Bertz CT molecular complexity index is 716. The molecular formula is C18H22ClF2N3O3. The minimum absolute atomic E-state index is 0. The maximum Gasteiger partial charge on any atom is 0.229 e. The van der Waals surface area contributed by atoms with Crippen LogP contribution >= 0.6 is 12.4 Å². The normalized spacial score (nSPS) is 22.5. The van der Waals surface area contributed by atoms with Gasteiger partial charge in [0, 0.05) is 44.3 Å². The van der Waals surface area contributed by atoms with E-state index in [1.807, 2.05) is 0 Å². The monoisotopic (exact) mass is 401 g/mol. The molecule has 3 rings (SSSR count). The number of piperidine rings is 1. The number of amides is 3. The lowest BCUT2D eigenvalue weighted by atomic mass is 9.86. The Balaban J connectivity index is 0.00000261. The summed E-state index contributed by atoms with van der Waals surface area (Å²) in [7, 11) is 0. The summed E-state index contributed by atoms with van der Waals surface area (Å²) in [5.74, 6) is -2.71. The van der Waals surface area contributed by atoms with Gasteiger partial charge in [0.1, 0.15) is 0 Å². The smallest absolute Gasteiger partial charge is 0.229 e. The first-order valence-electron chi connectivity index (χ1n) is 8.74. The second-order valence-corrected chi connectivity index (χ2v) is 6.64. The molecule has 2 saturated heterocycles. The van der Waals surface area contributed by atoms with E-state index in [9.17, 15) is 23.2 Å². The summed E-state index contributed by atoms with van der Waals surface area (Å²) in [6.07, 6.45) is 1.11. The van der Waals surface area contributed by atoms with Gasteiger partial charge in [-0.05, 0) is 30.7 Å². The number of benzene rings is 1. The third-order valence-corrected chi connectivity index (χ3v) is 4.92. The zero-order valence-corrected chi connectivity index (χ0v) is 15.5. The lowest BCUT2D eigenvalue weighted by molar-refractivity contribution is -0.138. The second kappa shape index (κ2) is 9.23. The lowest BCUT2D eigenvalue weighted by Crippen LogP contribution is -2.50. The van der Waals surface area contributed by atoms with E-state index in [0.29, 0.717) is 25.1 Å². The van der Waals surface area contributed by atoms with Crippen LogP contribution in [0.15, 0.2) is 18.2 Å². The summed E-state index contributed by atoms with van der Waals surface area (Å²) in [6.45, 7) is 1.29. The summed E-state index contributed by atoms with van der Waals surface area (Å²) in [6, 6.07) is 3.53. The van der Waals surface area contributed by atoms with E-state index >= 15 is 0 Å². The number of nitrogens with zero attached hydrogens (tertiary/aromatic N) is 1. The van der Waals surface area contributed by atoms with Crippen molar-refractivity contribution >= 4 is 30.1 Å². The molecule has 3 amide bonds. The molecule has 148 valence electrons. The van der Waals surface area contributed by atoms with Gasteiger partial charge in [-0.25, -0.2) is 8.78 Å². The number of likely N-dealkylation sites (tertiary alicyclic amines) is 1. The van der Waals surface area contributed by atoms with Gasteiger partial charge in [-0.1, -0.05) is 6.07 Å². The number of rotatable bonds is 5. The average molecular weight is 402 g/mol. The number of nitrogens with one attached hydrogen (secondary N) is 2. The van der Waals surface area contributed by atoms with Crippen LogP contribution in [0.2, 0.25) is 0 Å². The highest BCUT2D eigenvalue weighted by Crippen LogP contribution is 2.27. The van der Waals surface area contributed by atoms with E-state index in [0.717, 1.165) is 11.0 Å². The van der Waals surface area contributed by atoms with Crippen molar-refractivity contribution in [1.29, 1.82) is 0 Å². The van der Waals surface area contributed by atoms with Gasteiger partial charge in [-0.3, -0.25) is 19.3 Å². The van der Waals surface area contributed by atoms with Crippen LogP contribution in [0.1, 0.15) is 37.2 Å². The summed E-state index contributed by atoms with van der Waals surface area (Å²) >= 11 is 0. The molecule has 0 radical (unpaired) electrons. The fourth-order valence-corrected chi connectivity index (χ4v) is 3.52. The van der Waals surface area contributed by atoms with Crippen LogP contribution in [0.5, 0.6) is 0 Å². The minimum atomic E-state index is -0.905. The molecule has 0 bridgehead atoms. The van der Waals surface area contributed by atoms with E-state index in [1.165, 1.54) is 12.1 Å². The molecule has 9 heteroatoms. The number of halogens is 3. The SMILES string of the molecule is Cl.O=C(CCN1C(=O)CCC1=O)NC1CNCCC1c1ccc(F)c(F)c1. The minimum Gasteiger partial charge on any atom is -0.351 e. The highest BCUT2D eigenvalue weighted by Gasteiger charge is 2.31. The van der Waals surface area contributed by atoms with Crippen molar-refractivity contribution in [3.63, 3.8) is 0 Å². The third kappa shape index (κ3) is 5.01. The molecule has 0 aromatic heterocycles. The Morgan fingerprint density at radius 1 is 1.19 bits per heavy atom. The van der Waals surface area contributed by atoms with Crippen LogP contribution in [-0.2, 0) is 14.4 Å². The molecule has 2 unspecified atom stereocenters. The Morgan fingerprint density at radius 2 is 1.89 bits per heavy atom. The molecule has 2 aliphatic rings. The molecule has 0 spiro atoms. The van der Waals surface area contributed by atoms with E-state index in [1.54, 1.807) is 0 Å². The fraction of sp³-hybridized carbons (Fsp3) is 0.500. The lowest BCUT2D eigenvalue weighted by Gasteiger charge is -2.33. The number of imide groups is 1. The average Bonchev–Trinajstić information content (AvgIpc) is 2.94. The van der Waals surface area contributed by atoms with Gasteiger partial charge < -0.3 is 10.6 Å². The molecule has 2 atom stereocenters. The van der Waals surface area contributed by atoms with Gasteiger partial charge in [0.2, 0.25) is 17.7 Å². The Morgan fingerprint density at radius 3 is 2.56 bits per heavy atom. The zero-order valence-electron chi connectivity index (χ0n) is 14.7. The summed E-state index contributed by atoms with van der Waals surface area (Å²) in [5.41, 5.74) is 0.639. The van der Waals surface area contributed by atoms with Crippen molar-refractivity contribution in [2.45, 2.75) is 37.6 Å². The van der Waals surface area contributed by atoms with Gasteiger partial charge in [-0.2, -0.15) is 0 Å².